The molecule has 0 spiro atoms. The lowest BCUT2D eigenvalue weighted by Gasteiger charge is -1.98. The number of aromatic amines is 1. The first-order valence-electron chi connectivity index (χ1n) is 5.07. The smallest absolute Gasteiger partial charge is 0.346 e. The van der Waals surface area contributed by atoms with E-state index in [1.807, 2.05) is 0 Å². The SMILES string of the molecule is Cc1cc(NC(=O)c2cc(Cl)c(Cl)[nH]2)sc1C(=O)O. The number of thiophene rings is 1. The van der Waals surface area contributed by atoms with Gasteiger partial charge in [-0.2, -0.15) is 0 Å². The lowest BCUT2D eigenvalue weighted by atomic mass is 10.3. The summed E-state index contributed by atoms with van der Waals surface area (Å²) < 4.78 is 0. The minimum absolute atomic E-state index is 0.181. The van der Waals surface area contributed by atoms with E-state index in [1.54, 1.807) is 13.0 Å². The summed E-state index contributed by atoms with van der Waals surface area (Å²) in [7, 11) is 0. The topological polar surface area (TPSA) is 82.2 Å². The van der Waals surface area contributed by atoms with Crippen molar-refractivity contribution in [2.75, 3.05) is 5.32 Å². The predicted molar refractivity (Wildman–Crippen MR) is 74.8 cm³/mol. The lowest BCUT2D eigenvalue weighted by molar-refractivity contribution is 0.0701. The average molecular weight is 319 g/mol. The minimum Gasteiger partial charge on any atom is -0.477 e. The van der Waals surface area contributed by atoms with Crippen LogP contribution in [0, 0.1) is 6.92 Å². The molecule has 0 saturated heterocycles. The first kappa shape index (κ1) is 13.9. The minimum atomic E-state index is -1.02. The monoisotopic (exact) mass is 318 g/mol. The zero-order valence-corrected chi connectivity index (χ0v) is 11.9. The van der Waals surface area contributed by atoms with Gasteiger partial charge in [-0.25, -0.2) is 4.79 Å². The summed E-state index contributed by atoms with van der Waals surface area (Å²) >= 11 is 12.4. The van der Waals surface area contributed by atoms with Crippen LogP contribution in [0.4, 0.5) is 5.00 Å². The van der Waals surface area contributed by atoms with Crippen molar-refractivity contribution in [3.63, 3.8) is 0 Å². The highest BCUT2D eigenvalue weighted by atomic mass is 35.5. The Labute approximate surface area is 122 Å². The molecule has 2 aromatic rings. The third-order valence-corrected chi connectivity index (χ3v) is 4.15. The van der Waals surface area contributed by atoms with Crippen LogP contribution < -0.4 is 5.32 Å². The van der Waals surface area contributed by atoms with Gasteiger partial charge in [0.15, 0.2) is 0 Å². The van der Waals surface area contributed by atoms with E-state index in [-0.39, 0.29) is 20.7 Å². The van der Waals surface area contributed by atoms with Crippen molar-refractivity contribution in [3.8, 4) is 0 Å². The zero-order chi connectivity index (χ0) is 14.2. The molecule has 8 heteroatoms. The summed E-state index contributed by atoms with van der Waals surface area (Å²) in [6.45, 7) is 1.66. The molecule has 0 bridgehead atoms. The lowest BCUT2D eigenvalue weighted by Crippen LogP contribution is -2.11. The first-order valence-corrected chi connectivity index (χ1v) is 6.65. The van der Waals surface area contributed by atoms with Crippen LogP contribution in [0.15, 0.2) is 12.1 Å². The Morgan fingerprint density at radius 2 is 2.05 bits per heavy atom. The number of aromatic nitrogens is 1. The number of H-pyrrole nitrogens is 1. The molecule has 0 aliphatic carbocycles. The van der Waals surface area contributed by atoms with Gasteiger partial charge in [0.25, 0.3) is 5.91 Å². The van der Waals surface area contributed by atoms with Gasteiger partial charge in [-0.05, 0) is 24.6 Å². The molecule has 5 nitrogen and oxygen atoms in total. The number of carbonyl (C=O) groups excluding carboxylic acids is 1. The second-order valence-electron chi connectivity index (χ2n) is 3.73. The van der Waals surface area contributed by atoms with Gasteiger partial charge in [-0.1, -0.05) is 23.2 Å². The van der Waals surface area contributed by atoms with E-state index < -0.39 is 11.9 Å². The van der Waals surface area contributed by atoms with Crippen LogP contribution in [0.5, 0.6) is 0 Å². The Balaban J connectivity index is 2.19. The van der Waals surface area contributed by atoms with Gasteiger partial charge < -0.3 is 15.4 Å². The molecular formula is C11H8Cl2N2O3S. The molecule has 3 N–H and O–H groups in total. The molecule has 0 aliphatic heterocycles. The quantitative estimate of drug-likeness (QED) is 0.808. The fourth-order valence-corrected chi connectivity index (χ4v) is 2.68. The van der Waals surface area contributed by atoms with Crippen molar-refractivity contribution in [1.29, 1.82) is 0 Å². The van der Waals surface area contributed by atoms with Crippen molar-refractivity contribution >= 4 is 51.4 Å². The van der Waals surface area contributed by atoms with Crippen molar-refractivity contribution < 1.29 is 14.7 Å². The van der Waals surface area contributed by atoms with Gasteiger partial charge in [-0.15, -0.1) is 11.3 Å². The maximum Gasteiger partial charge on any atom is 0.346 e. The number of anilines is 1. The van der Waals surface area contributed by atoms with Gasteiger partial charge in [0, 0.05) is 0 Å². The summed E-state index contributed by atoms with van der Waals surface area (Å²) in [6, 6.07) is 3.00. The molecule has 0 aromatic carbocycles. The molecule has 100 valence electrons. The number of rotatable bonds is 3. The molecule has 1 amide bonds. The molecule has 19 heavy (non-hydrogen) atoms. The van der Waals surface area contributed by atoms with E-state index in [2.05, 4.69) is 10.3 Å². The van der Waals surface area contributed by atoms with Crippen molar-refractivity contribution in [1.82, 2.24) is 4.98 Å². The molecular weight excluding hydrogens is 311 g/mol. The second-order valence-corrected chi connectivity index (χ2v) is 5.56. The third kappa shape index (κ3) is 2.91. The number of carboxylic acid groups (broad SMARTS) is 1. The van der Waals surface area contributed by atoms with E-state index in [0.717, 1.165) is 11.3 Å². The summed E-state index contributed by atoms with van der Waals surface area (Å²) in [6.07, 6.45) is 0. The molecule has 0 unspecified atom stereocenters. The van der Waals surface area contributed by atoms with Gasteiger partial charge in [-0.3, -0.25) is 4.79 Å². The number of amides is 1. The summed E-state index contributed by atoms with van der Waals surface area (Å²) in [4.78, 5) is 25.6. The molecule has 0 saturated carbocycles. The number of carbonyl (C=O) groups is 2. The number of hydrogen-bond acceptors (Lipinski definition) is 3. The van der Waals surface area contributed by atoms with Crippen LogP contribution in [0.25, 0.3) is 0 Å². The van der Waals surface area contributed by atoms with E-state index in [1.165, 1.54) is 6.07 Å². The van der Waals surface area contributed by atoms with Crippen molar-refractivity contribution in [2.45, 2.75) is 6.92 Å². The van der Waals surface area contributed by atoms with Gasteiger partial charge in [0.1, 0.15) is 15.7 Å². The molecule has 0 aliphatic rings. The van der Waals surface area contributed by atoms with Gasteiger partial charge in [0.05, 0.1) is 10.0 Å². The first-order chi connectivity index (χ1) is 8.88. The standard InChI is InChI=1S/C11H8Cl2N2O3S/c1-4-2-7(19-8(4)11(17)18)15-10(16)6-3-5(12)9(13)14-6/h2-3,14H,1H3,(H,15,16)(H,17,18). The summed E-state index contributed by atoms with van der Waals surface area (Å²) in [5.41, 5.74) is 0.799. The summed E-state index contributed by atoms with van der Waals surface area (Å²) in [5.74, 6) is -1.46. The number of aryl methyl sites for hydroxylation is 1. The van der Waals surface area contributed by atoms with Crippen LogP contribution in [-0.4, -0.2) is 22.0 Å². The van der Waals surface area contributed by atoms with Crippen LogP contribution in [0.2, 0.25) is 10.2 Å². The molecule has 2 heterocycles. The highest BCUT2D eigenvalue weighted by molar-refractivity contribution is 7.18. The van der Waals surface area contributed by atoms with E-state index in [4.69, 9.17) is 28.3 Å². The van der Waals surface area contributed by atoms with Crippen LogP contribution >= 0.6 is 34.5 Å². The van der Waals surface area contributed by atoms with E-state index >= 15 is 0 Å². The Bertz CT molecular complexity index is 643. The van der Waals surface area contributed by atoms with Crippen molar-refractivity contribution in [2.24, 2.45) is 0 Å². The average Bonchev–Trinajstić information content (AvgIpc) is 2.83. The molecule has 2 aromatic heterocycles. The third-order valence-electron chi connectivity index (χ3n) is 2.32. The van der Waals surface area contributed by atoms with Crippen molar-refractivity contribution in [3.05, 3.63) is 38.4 Å². The molecule has 2 rings (SSSR count). The van der Waals surface area contributed by atoms with E-state index in [0.29, 0.717) is 10.6 Å². The fourth-order valence-electron chi connectivity index (χ4n) is 1.46. The predicted octanol–water partition coefficient (Wildman–Crippen LogP) is 3.64. The number of hydrogen-bond donors (Lipinski definition) is 3. The largest absolute Gasteiger partial charge is 0.477 e. The van der Waals surface area contributed by atoms with E-state index in [9.17, 15) is 9.59 Å². The normalized spacial score (nSPS) is 10.5. The number of nitrogens with one attached hydrogen (secondary N) is 2. The molecule has 0 fully saturated rings. The molecule has 0 radical (unpaired) electrons. The van der Waals surface area contributed by atoms with Crippen LogP contribution in [0.3, 0.4) is 0 Å². The number of carboxylic acids is 1. The van der Waals surface area contributed by atoms with Gasteiger partial charge in [0.2, 0.25) is 0 Å². The Hall–Kier alpha value is -1.50. The maximum atomic E-state index is 11.9. The fraction of sp³-hybridized carbons (Fsp3) is 0.0909. The summed E-state index contributed by atoms with van der Waals surface area (Å²) in [5, 5.41) is 12.4. The second kappa shape index (κ2) is 5.24. The van der Waals surface area contributed by atoms with Crippen LogP contribution in [0.1, 0.15) is 25.7 Å². The highest BCUT2D eigenvalue weighted by Crippen LogP contribution is 2.28. The molecule has 0 atom stereocenters. The number of halogens is 2. The van der Waals surface area contributed by atoms with Gasteiger partial charge >= 0.3 is 5.97 Å². The maximum absolute atomic E-state index is 11.9. The highest BCUT2D eigenvalue weighted by Gasteiger charge is 2.16. The Morgan fingerprint density at radius 3 is 2.53 bits per heavy atom. The Kier molecular flexibility index (Phi) is 3.84. The van der Waals surface area contributed by atoms with Crippen LogP contribution in [-0.2, 0) is 0 Å². The number of aromatic carboxylic acids is 1. The zero-order valence-electron chi connectivity index (χ0n) is 9.58. The Morgan fingerprint density at radius 1 is 1.37 bits per heavy atom.